The summed E-state index contributed by atoms with van der Waals surface area (Å²) in [5.74, 6) is -0.0674. The number of aromatic amines is 1. The lowest BCUT2D eigenvalue weighted by Gasteiger charge is -2.42. The standard InChI is InChI=1S/C27H31BrN4O4/c1-4-30(12-13-36-3)10-11-31-25(34)27(2)16-21-20-15-18(28)8-9-22(20)29-23(21)24(32(27)26(31)35)17-6-5-7-19(33)14-17/h5-9,14-15,24,29,33H,4,10-13,16H2,1-3H3. The Kier molecular flexibility index (Phi) is 6.57. The van der Waals surface area contributed by atoms with Crippen LogP contribution in [0.15, 0.2) is 46.9 Å². The number of halogens is 1. The zero-order valence-corrected chi connectivity index (χ0v) is 22.3. The van der Waals surface area contributed by atoms with Crippen molar-refractivity contribution < 1.29 is 19.4 Å². The Bertz CT molecular complexity index is 1320. The van der Waals surface area contributed by atoms with E-state index in [1.807, 2.05) is 25.1 Å². The number of benzene rings is 2. The van der Waals surface area contributed by atoms with Gasteiger partial charge in [-0.15, -0.1) is 0 Å². The first-order valence-electron chi connectivity index (χ1n) is 12.2. The van der Waals surface area contributed by atoms with Gasteiger partial charge in [0.15, 0.2) is 0 Å². The number of phenols is 1. The van der Waals surface area contributed by atoms with Gasteiger partial charge in [0.2, 0.25) is 0 Å². The minimum Gasteiger partial charge on any atom is -0.508 e. The van der Waals surface area contributed by atoms with Crippen LogP contribution in [0.5, 0.6) is 5.75 Å². The first-order valence-corrected chi connectivity index (χ1v) is 13.0. The van der Waals surface area contributed by atoms with Crippen LogP contribution < -0.4 is 0 Å². The van der Waals surface area contributed by atoms with Crippen LogP contribution in [0.1, 0.15) is 36.7 Å². The van der Waals surface area contributed by atoms with Crippen molar-refractivity contribution in [2.75, 3.05) is 39.9 Å². The van der Waals surface area contributed by atoms with Gasteiger partial charge >= 0.3 is 6.03 Å². The normalized spacial score (nSPS) is 21.5. The maximum atomic E-state index is 13.9. The third kappa shape index (κ3) is 3.99. The second kappa shape index (κ2) is 9.53. The van der Waals surface area contributed by atoms with Gasteiger partial charge in [-0.25, -0.2) is 4.79 Å². The molecule has 1 fully saturated rings. The van der Waals surface area contributed by atoms with Crippen LogP contribution in [-0.4, -0.2) is 82.2 Å². The van der Waals surface area contributed by atoms with E-state index in [9.17, 15) is 14.7 Å². The van der Waals surface area contributed by atoms with Crippen molar-refractivity contribution in [3.8, 4) is 5.75 Å². The number of nitrogens with one attached hydrogen (secondary N) is 1. The molecule has 3 amide bonds. The number of carbonyl (C=O) groups is 2. The van der Waals surface area contributed by atoms with Crippen LogP contribution >= 0.6 is 15.9 Å². The lowest BCUT2D eigenvalue weighted by atomic mass is 9.81. The third-order valence-corrected chi connectivity index (χ3v) is 8.01. The van der Waals surface area contributed by atoms with Gasteiger partial charge in [-0.05, 0) is 54.9 Å². The summed E-state index contributed by atoms with van der Waals surface area (Å²) < 4.78 is 6.15. The average Bonchev–Trinajstić information content (AvgIpc) is 3.29. The molecule has 36 heavy (non-hydrogen) atoms. The van der Waals surface area contributed by atoms with E-state index in [1.165, 1.54) is 4.90 Å². The van der Waals surface area contributed by atoms with Crippen LogP contribution in [0.2, 0.25) is 0 Å². The van der Waals surface area contributed by atoms with E-state index < -0.39 is 11.6 Å². The van der Waals surface area contributed by atoms with Crippen LogP contribution in [-0.2, 0) is 16.0 Å². The highest BCUT2D eigenvalue weighted by Gasteiger charge is 2.60. The smallest absolute Gasteiger partial charge is 0.328 e. The van der Waals surface area contributed by atoms with Gasteiger partial charge in [0, 0.05) is 54.2 Å². The van der Waals surface area contributed by atoms with E-state index in [0.29, 0.717) is 26.1 Å². The molecule has 3 aromatic rings. The fourth-order valence-corrected chi connectivity index (χ4v) is 5.97. The number of likely N-dealkylation sites (N-methyl/N-ethyl adjacent to an activating group) is 1. The predicted octanol–water partition coefficient (Wildman–Crippen LogP) is 4.27. The van der Waals surface area contributed by atoms with Gasteiger partial charge in [0.1, 0.15) is 17.3 Å². The Morgan fingerprint density at radius 2 is 2.03 bits per heavy atom. The van der Waals surface area contributed by atoms with Crippen LogP contribution in [0.3, 0.4) is 0 Å². The number of hydrogen-bond donors (Lipinski definition) is 2. The van der Waals surface area contributed by atoms with E-state index in [4.69, 9.17) is 4.74 Å². The molecule has 3 heterocycles. The molecule has 2 unspecified atom stereocenters. The molecule has 0 spiro atoms. The van der Waals surface area contributed by atoms with E-state index in [2.05, 4.69) is 38.8 Å². The second-order valence-electron chi connectivity index (χ2n) is 9.69. The Hall–Kier alpha value is -2.88. The molecule has 0 bridgehead atoms. The maximum absolute atomic E-state index is 13.9. The minimum absolute atomic E-state index is 0.117. The van der Waals surface area contributed by atoms with Crippen LogP contribution in [0, 0.1) is 0 Å². The molecule has 190 valence electrons. The summed E-state index contributed by atoms with van der Waals surface area (Å²) in [5.41, 5.74) is 2.57. The Morgan fingerprint density at radius 1 is 1.22 bits per heavy atom. The number of aromatic hydroxyl groups is 1. The predicted molar refractivity (Wildman–Crippen MR) is 141 cm³/mol. The van der Waals surface area contributed by atoms with E-state index in [0.717, 1.165) is 45.3 Å². The molecule has 5 rings (SSSR count). The number of fused-ring (bicyclic) bond motifs is 4. The van der Waals surface area contributed by atoms with E-state index in [1.54, 1.807) is 30.2 Å². The molecule has 2 aliphatic rings. The van der Waals surface area contributed by atoms with Crippen molar-refractivity contribution in [1.29, 1.82) is 0 Å². The highest BCUT2D eigenvalue weighted by Crippen LogP contribution is 2.49. The van der Waals surface area contributed by atoms with Gasteiger partial charge in [-0.2, -0.15) is 0 Å². The number of methoxy groups -OCH3 is 1. The van der Waals surface area contributed by atoms with Crippen molar-refractivity contribution >= 4 is 38.8 Å². The average molecular weight is 555 g/mol. The van der Waals surface area contributed by atoms with Crippen molar-refractivity contribution in [3.63, 3.8) is 0 Å². The number of ether oxygens (including phenoxy) is 1. The van der Waals surface area contributed by atoms with Crippen molar-refractivity contribution in [3.05, 3.63) is 63.8 Å². The molecule has 1 aromatic heterocycles. The number of rotatable bonds is 8. The summed E-state index contributed by atoms with van der Waals surface area (Å²) in [6.45, 7) is 6.95. The molecule has 2 atom stereocenters. The number of aromatic nitrogens is 1. The molecule has 8 nitrogen and oxygen atoms in total. The summed E-state index contributed by atoms with van der Waals surface area (Å²) in [6.07, 6.45) is 0.413. The number of H-pyrrole nitrogens is 1. The zero-order chi connectivity index (χ0) is 25.6. The number of nitrogens with zero attached hydrogens (tertiary/aromatic N) is 3. The van der Waals surface area contributed by atoms with Crippen molar-refractivity contribution in [1.82, 2.24) is 19.7 Å². The third-order valence-electron chi connectivity index (χ3n) is 7.51. The fourth-order valence-electron chi connectivity index (χ4n) is 5.61. The lowest BCUT2D eigenvalue weighted by molar-refractivity contribution is -0.133. The second-order valence-corrected chi connectivity index (χ2v) is 10.6. The molecule has 2 N–H and O–H groups in total. The Balaban J connectivity index is 1.58. The highest BCUT2D eigenvalue weighted by atomic mass is 79.9. The summed E-state index contributed by atoms with van der Waals surface area (Å²) in [7, 11) is 1.67. The number of carbonyl (C=O) groups excluding carboxylic acids is 2. The van der Waals surface area contributed by atoms with Crippen LogP contribution in [0.25, 0.3) is 10.9 Å². The molecule has 2 aromatic carbocycles. The molecule has 0 saturated carbocycles. The number of imide groups is 1. The van der Waals surface area contributed by atoms with Gasteiger partial charge in [-0.3, -0.25) is 19.5 Å². The first kappa shape index (κ1) is 24.8. The summed E-state index contributed by atoms with van der Waals surface area (Å²) in [5, 5.41) is 11.3. The fraction of sp³-hybridized carbons (Fsp3) is 0.407. The number of amides is 3. The molecular weight excluding hydrogens is 524 g/mol. The molecule has 9 heteroatoms. The van der Waals surface area contributed by atoms with Crippen molar-refractivity contribution in [2.45, 2.75) is 31.8 Å². The quantitative estimate of drug-likeness (QED) is 0.406. The summed E-state index contributed by atoms with van der Waals surface area (Å²) in [6, 6.07) is 12.1. The van der Waals surface area contributed by atoms with Gasteiger partial charge < -0.3 is 14.8 Å². The highest BCUT2D eigenvalue weighted by molar-refractivity contribution is 9.10. The van der Waals surface area contributed by atoms with E-state index in [-0.39, 0.29) is 17.7 Å². The molecule has 1 saturated heterocycles. The maximum Gasteiger partial charge on any atom is 0.328 e. The zero-order valence-electron chi connectivity index (χ0n) is 20.8. The molecule has 0 aliphatic carbocycles. The molecular formula is C27H31BrN4O4. The van der Waals surface area contributed by atoms with E-state index >= 15 is 0 Å². The largest absolute Gasteiger partial charge is 0.508 e. The summed E-state index contributed by atoms with van der Waals surface area (Å²) >= 11 is 3.57. The summed E-state index contributed by atoms with van der Waals surface area (Å²) in [4.78, 5) is 36.6. The van der Waals surface area contributed by atoms with Crippen LogP contribution in [0.4, 0.5) is 4.79 Å². The van der Waals surface area contributed by atoms with Gasteiger partial charge in [0.05, 0.1) is 6.61 Å². The Morgan fingerprint density at radius 3 is 2.75 bits per heavy atom. The molecule has 2 aliphatic heterocycles. The van der Waals surface area contributed by atoms with Gasteiger partial charge in [0.25, 0.3) is 5.91 Å². The first-order chi connectivity index (χ1) is 17.3. The number of phenolic OH excluding ortho intramolecular Hbond substituents is 1. The SMILES string of the molecule is CCN(CCOC)CCN1C(=O)N2C(c3cccc(O)c3)c3[nH]c4ccc(Br)cc4c3CC2(C)C1=O. The number of urea groups is 1. The Labute approximate surface area is 218 Å². The monoisotopic (exact) mass is 554 g/mol. The number of hydrogen-bond acceptors (Lipinski definition) is 5. The van der Waals surface area contributed by atoms with Gasteiger partial charge in [-0.1, -0.05) is 35.0 Å². The minimum atomic E-state index is -1.04. The lowest BCUT2D eigenvalue weighted by Crippen LogP contribution is -2.53. The topological polar surface area (TPSA) is 89.1 Å². The molecule has 0 radical (unpaired) electrons. The van der Waals surface area contributed by atoms with Crippen molar-refractivity contribution in [2.24, 2.45) is 0 Å².